The number of pyridine rings is 1. The number of anilines is 1. The molecule has 0 bridgehead atoms. The number of fused-ring (bicyclic) bond motifs is 1. The number of aryl methyl sites for hydroxylation is 1. The fourth-order valence-corrected chi connectivity index (χ4v) is 3.22. The van der Waals surface area contributed by atoms with Crippen LogP contribution in [0.1, 0.15) is 30.5 Å². The molecular formula is C17H20N4O. The molecule has 1 saturated carbocycles. The number of rotatable bonds is 5. The van der Waals surface area contributed by atoms with E-state index in [2.05, 4.69) is 9.88 Å². The predicted molar refractivity (Wildman–Crippen MR) is 84.7 cm³/mol. The van der Waals surface area contributed by atoms with Gasteiger partial charge in [0, 0.05) is 30.0 Å². The zero-order chi connectivity index (χ0) is 14.9. The molecule has 2 aliphatic carbocycles. The number of hydrogen-bond acceptors (Lipinski definition) is 5. The minimum Gasteiger partial charge on any atom is -0.395 e. The lowest BCUT2D eigenvalue weighted by atomic mass is 10.2. The Morgan fingerprint density at radius 1 is 1.18 bits per heavy atom. The van der Waals surface area contributed by atoms with E-state index >= 15 is 0 Å². The zero-order valence-corrected chi connectivity index (χ0v) is 12.6. The first-order valence-corrected chi connectivity index (χ1v) is 8.05. The van der Waals surface area contributed by atoms with Crippen LogP contribution in [0.25, 0.3) is 11.5 Å². The summed E-state index contributed by atoms with van der Waals surface area (Å²) in [5.74, 6) is 1.74. The van der Waals surface area contributed by atoms with Crippen LogP contribution in [0.3, 0.4) is 0 Å². The zero-order valence-electron chi connectivity index (χ0n) is 12.6. The predicted octanol–water partition coefficient (Wildman–Crippen LogP) is 1.99. The highest BCUT2D eigenvalue weighted by Gasteiger charge is 2.33. The average molecular weight is 296 g/mol. The molecule has 0 spiro atoms. The van der Waals surface area contributed by atoms with Crippen molar-refractivity contribution in [2.75, 3.05) is 18.1 Å². The largest absolute Gasteiger partial charge is 0.395 e. The van der Waals surface area contributed by atoms with E-state index in [0.717, 1.165) is 36.5 Å². The third-order valence-electron chi connectivity index (χ3n) is 4.41. The van der Waals surface area contributed by atoms with Crippen LogP contribution in [0.5, 0.6) is 0 Å². The minimum absolute atomic E-state index is 0.161. The van der Waals surface area contributed by atoms with Gasteiger partial charge in [-0.15, -0.1) is 0 Å². The molecule has 5 heteroatoms. The Morgan fingerprint density at radius 2 is 2.09 bits per heavy atom. The summed E-state index contributed by atoms with van der Waals surface area (Å²) >= 11 is 0. The molecule has 0 aliphatic heterocycles. The molecule has 114 valence electrons. The van der Waals surface area contributed by atoms with Crippen molar-refractivity contribution in [2.45, 2.75) is 38.1 Å². The highest BCUT2D eigenvalue weighted by molar-refractivity contribution is 5.59. The highest BCUT2D eigenvalue weighted by atomic mass is 16.3. The molecule has 0 atom stereocenters. The van der Waals surface area contributed by atoms with Gasteiger partial charge < -0.3 is 10.0 Å². The van der Waals surface area contributed by atoms with E-state index in [1.54, 1.807) is 6.20 Å². The van der Waals surface area contributed by atoms with Crippen LogP contribution in [-0.4, -0.2) is 39.3 Å². The van der Waals surface area contributed by atoms with Gasteiger partial charge in [0.1, 0.15) is 11.5 Å². The molecule has 1 fully saturated rings. The van der Waals surface area contributed by atoms with Gasteiger partial charge in [0.2, 0.25) is 0 Å². The van der Waals surface area contributed by atoms with E-state index in [9.17, 15) is 5.11 Å². The Morgan fingerprint density at radius 3 is 2.82 bits per heavy atom. The van der Waals surface area contributed by atoms with E-state index in [1.165, 1.54) is 18.4 Å². The normalized spacial score (nSPS) is 16.6. The van der Waals surface area contributed by atoms with E-state index in [0.29, 0.717) is 18.4 Å². The van der Waals surface area contributed by atoms with E-state index in [4.69, 9.17) is 9.97 Å². The van der Waals surface area contributed by atoms with Gasteiger partial charge in [0.15, 0.2) is 5.82 Å². The Balaban J connectivity index is 1.81. The first-order valence-electron chi connectivity index (χ1n) is 8.05. The maximum Gasteiger partial charge on any atom is 0.180 e. The average Bonchev–Trinajstić information content (AvgIpc) is 3.29. The minimum atomic E-state index is 0.161. The van der Waals surface area contributed by atoms with Crippen LogP contribution >= 0.6 is 0 Å². The summed E-state index contributed by atoms with van der Waals surface area (Å²) in [6.45, 7) is 0.809. The van der Waals surface area contributed by atoms with Gasteiger partial charge in [-0.05, 0) is 44.2 Å². The molecule has 1 N–H and O–H groups in total. The van der Waals surface area contributed by atoms with Crippen molar-refractivity contribution in [1.82, 2.24) is 15.0 Å². The highest BCUT2D eigenvalue weighted by Crippen LogP contribution is 2.36. The van der Waals surface area contributed by atoms with E-state index in [1.807, 2.05) is 18.2 Å². The number of nitrogens with zero attached hydrogens (tertiary/aromatic N) is 4. The second-order valence-electron chi connectivity index (χ2n) is 6.01. The Labute approximate surface area is 130 Å². The van der Waals surface area contributed by atoms with Crippen molar-refractivity contribution in [1.29, 1.82) is 0 Å². The van der Waals surface area contributed by atoms with Crippen LogP contribution in [0.15, 0.2) is 24.4 Å². The molecule has 0 saturated heterocycles. The SMILES string of the molecule is OCCN(c1nc(-c2ccccn2)nc2c1CCC2)C1CC1. The third kappa shape index (κ3) is 2.46. The van der Waals surface area contributed by atoms with Gasteiger partial charge in [0.25, 0.3) is 0 Å². The lowest BCUT2D eigenvalue weighted by Crippen LogP contribution is -2.31. The molecule has 0 unspecified atom stereocenters. The Bertz CT molecular complexity index is 670. The monoisotopic (exact) mass is 296 g/mol. The lowest BCUT2D eigenvalue weighted by molar-refractivity contribution is 0.301. The van der Waals surface area contributed by atoms with Crippen molar-refractivity contribution < 1.29 is 5.11 Å². The van der Waals surface area contributed by atoms with Crippen molar-refractivity contribution in [3.8, 4) is 11.5 Å². The first kappa shape index (κ1) is 13.6. The van der Waals surface area contributed by atoms with Gasteiger partial charge in [-0.2, -0.15) is 0 Å². The third-order valence-corrected chi connectivity index (χ3v) is 4.41. The van der Waals surface area contributed by atoms with Crippen LogP contribution in [0.4, 0.5) is 5.82 Å². The summed E-state index contributed by atoms with van der Waals surface area (Å²) < 4.78 is 0. The molecule has 5 nitrogen and oxygen atoms in total. The summed E-state index contributed by atoms with van der Waals surface area (Å²) in [4.78, 5) is 16.2. The van der Waals surface area contributed by atoms with Gasteiger partial charge in [0.05, 0.1) is 6.61 Å². The maximum atomic E-state index is 9.41. The van der Waals surface area contributed by atoms with E-state index < -0.39 is 0 Å². The molecule has 4 rings (SSSR count). The molecule has 22 heavy (non-hydrogen) atoms. The second-order valence-corrected chi connectivity index (χ2v) is 6.01. The fraction of sp³-hybridized carbons (Fsp3) is 0.471. The van der Waals surface area contributed by atoms with Gasteiger partial charge in [-0.1, -0.05) is 6.07 Å². The van der Waals surface area contributed by atoms with Crippen molar-refractivity contribution in [3.63, 3.8) is 0 Å². The molecule has 0 amide bonds. The van der Waals surface area contributed by atoms with Gasteiger partial charge in [-0.25, -0.2) is 9.97 Å². The van der Waals surface area contributed by atoms with Gasteiger partial charge in [-0.3, -0.25) is 4.98 Å². The number of aliphatic hydroxyl groups is 1. The molecule has 2 aromatic heterocycles. The Hall–Kier alpha value is -2.01. The summed E-state index contributed by atoms with van der Waals surface area (Å²) in [5.41, 5.74) is 3.26. The van der Waals surface area contributed by atoms with Crippen molar-refractivity contribution >= 4 is 5.82 Å². The summed E-state index contributed by atoms with van der Waals surface area (Å²) in [7, 11) is 0. The second kappa shape index (κ2) is 5.65. The number of aromatic nitrogens is 3. The van der Waals surface area contributed by atoms with Crippen LogP contribution in [0.2, 0.25) is 0 Å². The Kier molecular flexibility index (Phi) is 3.50. The summed E-state index contributed by atoms with van der Waals surface area (Å²) in [5, 5.41) is 9.41. The molecule has 2 heterocycles. The summed E-state index contributed by atoms with van der Waals surface area (Å²) in [6.07, 6.45) is 7.36. The smallest absolute Gasteiger partial charge is 0.180 e. The molecule has 2 aromatic rings. The number of aliphatic hydroxyl groups excluding tert-OH is 1. The molecule has 2 aliphatic rings. The van der Waals surface area contributed by atoms with Crippen LogP contribution < -0.4 is 4.90 Å². The molecular weight excluding hydrogens is 276 g/mol. The van der Waals surface area contributed by atoms with Crippen LogP contribution in [-0.2, 0) is 12.8 Å². The topological polar surface area (TPSA) is 62.1 Å². The summed E-state index contributed by atoms with van der Waals surface area (Å²) in [6, 6.07) is 6.35. The fourth-order valence-electron chi connectivity index (χ4n) is 3.22. The van der Waals surface area contributed by atoms with Crippen LogP contribution in [0, 0.1) is 0 Å². The molecule has 0 radical (unpaired) electrons. The quantitative estimate of drug-likeness (QED) is 0.914. The van der Waals surface area contributed by atoms with E-state index in [-0.39, 0.29) is 6.61 Å². The molecule has 0 aromatic carbocycles. The van der Waals surface area contributed by atoms with Crippen molar-refractivity contribution in [2.24, 2.45) is 0 Å². The standard InChI is InChI=1S/C17H20N4O/c22-11-10-21(12-7-8-12)17-13-4-3-6-14(13)19-16(20-17)15-5-1-2-9-18-15/h1-2,5,9,12,22H,3-4,6-8,10-11H2. The first-order chi connectivity index (χ1) is 10.9. The maximum absolute atomic E-state index is 9.41. The number of hydrogen-bond donors (Lipinski definition) is 1. The lowest BCUT2D eigenvalue weighted by Gasteiger charge is -2.25. The van der Waals surface area contributed by atoms with Crippen molar-refractivity contribution in [3.05, 3.63) is 35.7 Å². The van der Waals surface area contributed by atoms with Gasteiger partial charge >= 0.3 is 0 Å².